The topological polar surface area (TPSA) is 95.5 Å². The highest BCUT2D eigenvalue weighted by Gasteiger charge is 2.19. The van der Waals surface area contributed by atoms with E-state index >= 15 is 0 Å². The predicted molar refractivity (Wildman–Crippen MR) is 65.8 cm³/mol. The highest BCUT2D eigenvalue weighted by molar-refractivity contribution is 7.87. The minimum Gasteiger partial charge on any atom is -0.481 e. The maximum atomic E-state index is 11.6. The van der Waals surface area contributed by atoms with Crippen LogP contribution >= 0.6 is 0 Å². The largest absolute Gasteiger partial charge is 0.481 e. The van der Waals surface area contributed by atoms with E-state index in [0.29, 0.717) is 6.42 Å². The number of carboxylic acids is 1. The zero-order chi connectivity index (χ0) is 13.7. The van der Waals surface area contributed by atoms with E-state index < -0.39 is 21.7 Å². The molecule has 0 saturated heterocycles. The number of hydrogen-bond acceptors (Lipinski definition) is 3. The van der Waals surface area contributed by atoms with Crippen LogP contribution in [0.4, 0.5) is 0 Å². The summed E-state index contributed by atoms with van der Waals surface area (Å²) in [6.07, 6.45) is 0.503. The van der Waals surface area contributed by atoms with Crippen LogP contribution in [0, 0.1) is 5.92 Å². The Balaban J connectivity index is 4.06. The van der Waals surface area contributed by atoms with E-state index in [4.69, 9.17) is 5.11 Å². The molecule has 0 fully saturated rings. The van der Waals surface area contributed by atoms with Crippen molar-refractivity contribution >= 4 is 16.2 Å². The van der Waals surface area contributed by atoms with Crippen molar-refractivity contribution in [3.8, 4) is 0 Å². The van der Waals surface area contributed by atoms with E-state index in [1.807, 2.05) is 6.92 Å². The summed E-state index contributed by atoms with van der Waals surface area (Å²) < 4.78 is 28.0. The van der Waals surface area contributed by atoms with Crippen molar-refractivity contribution < 1.29 is 18.3 Å². The smallest absolute Gasteiger partial charge is 0.303 e. The van der Waals surface area contributed by atoms with Crippen LogP contribution in [0.5, 0.6) is 0 Å². The summed E-state index contributed by atoms with van der Waals surface area (Å²) >= 11 is 0. The Morgan fingerprint density at radius 1 is 1.35 bits per heavy atom. The average molecular weight is 266 g/mol. The van der Waals surface area contributed by atoms with Gasteiger partial charge in [0.1, 0.15) is 0 Å². The number of hydrogen-bond donors (Lipinski definition) is 3. The Kier molecular flexibility index (Phi) is 6.08. The molecule has 0 rings (SSSR count). The summed E-state index contributed by atoms with van der Waals surface area (Å²) in [5.41, 5.74) is -0.532. The molecule has 0 heterocycles. The van der Waals surface area contributed by atoms with Gasteiger partial charge in [-0.05, 0) is 33.1 Å². The molecule has 0 aromatic heterocycles. The standard InChI is InChI=1S/C10H22N2O4S/c1-8(5-6-9(13)14)7-11-17(15,16)12-10(2,3)4/h8,11-12H,5-7H2,1-4H3,(H,13,14). The van der Waals surface area contributed by atoms with Crippen LogP contribution in [-0.2, 0) is 15.0 Å². The van der Waals surface area contributed by atoms with Crippen molar-refractivity contribution in [2.24, 2.45) is 5.92 Å². The molecule has 102 valence electrons. The average Bonchev–Trinajstić information content (AvgIpc) is 2.07. The summed E-state index contributed by atoms with van der Waals surface area (Å²) in [6, 6.07) is 0. The predicted octanol–water partition coefficient (Wildman–Crippen LogP) is 0.710. The number of carbonyl (C=O) groups is 1. The third kappa shape index (κ3) is 10.2. The molecule has 0 aliphatic heterocycles. The van der Waals surface area contributed by atoms with Gasteiger partial charge in [0.05, 0.1) is 0 Å². The molecule has 3 N–H and O–H groups in total. The quantitative estimate of drug-likeness (QED) is 0.632. The van der Waals surface area contributed by atoms with Crippen LogP contribution in [0.2, 0.25) is 0 Å². The molecule has 7 heteroatoms. The second-order valence-electron chi connectivity index (χ2n) is 5.24. The normalized spacial score (nSPS) is 14.6. The molecular formula is C10H22N2O4S. The molecular weight excluding hydrogens is 244 g/mol. The van der Waals surface area contributed by atoms with Crippen LogP contribution < -0.4 is 9.44 Å². The highest BCUT2D eigenvalue weighted by atomic mass is 32.2. The van der Waals surface area contributed by atoms with Gasteiger partial charge in [-0.3, -0.25) is 4.79 Å². The van der Waals surface area contributed by atoms with Crippen LogP contribution in [0.25, 0.3) is 0 Å². The van der Waals surface area contributed by atoms with E-state index in [0.717, 1.165) is 0 Å². The SMILES string of the molecule is CC(CCC(=O)O)CNS(=O)(=O)NC(C)(C)C. The molecule has 0 spiro atoms. The minimum absolute atomic E-state index is 0.0114. The van der Waals surface area contributed by atoms with Gasteiger partial charge < -0.3 is 5.11 Å². The van der Waals surface area contributed by atoms with Gasteiger partial charge in [0.15, 0.2) is 0 Å². The fourth-order valence-corrected chi connectivity index (χ4v) is 2.55. The molecule has 17 heavy (non-hydrogen) atoms. The van der Waals surface area contributed by atoms with Gasteiger partial charge in [0, 0.05) is 18.5 Å². The van der Waals surface area contributed by atoms with Crippen molar-refractivity contribution in [3.63, 3.8) is 0 Å². The molecule has 0 saturated carbocycles. The first-order valence-corrected chi connectivity index (χ1v) is 7.00. The van der Waals surface area contributed by atoms with Gasteiger partial charge in [-0.15, -0.1) is 0 Å². The third-order valence-corrected chi connectivity index (χ3v) is 3.34. The van der Waals surface area contributed by atoms with Crippen molar-refractivity contribution in [2.45, 2.75) is 46.1 Å². The van der Waals surface area contributed by atoms with E-state index in [2.05, 4.69) is 9.44 Å². The van der Waals surface area contributed by atoms with Gasteiger partial charge in [0.25, 0.3) is 10.2 Å². The van der Waals surface area contributed by atoms with Crippen molar-refractivity contribution in [1.82, 2.24) is 9.44 Å². The number of aliphatic carboxylic acids is 1. The molecule has 1 unspecified atom stereocenters. The summed E-state index contributed by atoms with van der Waals surface area (Å²) in [5, 5.41) is 8.49. The second-order valence-corrected chi connectivity index (χ2v) is 6.74. The van der Waals surface area contributed by atoms with E-state index in [9.17, 15) is 13.2 Å². The Labute approximate surface area is 103 Å². The fraction of sp³-hybridized carbons (Fsp3) is 0.900. The van der Waals surface area contributed by atoms with Crippen molar-refractivity contribution in [3.05, 3.63) is 0 Å². The first kappa shape index (κ1) is 16.3. The maximum Gasteiger partial charge on any atom is 0.303 e. The van der Waals surface area contributed by atoms with Crippen LogP contribution in [0.3, 0.4) is 0 Å². The summed E-state index contributed by atoms with van der Waals surface area (Å²) in [5.74, 6) is -0.879. The number of rotatable bonds is 7. The fourth-order valence-electron chi connectivity index (χ4n) is 1.16. The molecule has 0 bridgehead atoms. The van der Waals surface area contributed by atoms with E-state index in [1.165, 1.54) is 0 Å². The molecule has 0 aromatic rings. The van der Waals surface area contributed by atoms with Crippen LogP contribution in [-0.4, -0.2) is 31.6 Å². The zero-order valence-corrected chi connectivity index (χ0v) is 11.6. The van der Waals surface area contributed by atoms with Crippen molar-refractivity contribution in [1.29, 1.82) is 0 Å². The van der Waals surface area contributed by atoms with Gasteiger partial charge in [-0.25, -0.2) is 4.72 Å². The summed E-state index contributed by atoms with van der Waals surface area (Å²) in [7, 11) is -3.52. The van der Waals surface area contributed by atoms with E-state index in [1.54, 1.807) is 20.8 Å². The summed E-state index contributed by atoms with van der Waals surface area (Å²) in [4.78, 5) is 10.3. The molecule has 0 aliphatic carbocycles. The Hall–Kier alpha value is -0.660. The Bertz CT molecular complexity index is 346. The molecule has 0 amide bonds. The zero-order valence-electron chi connectivity index (χ0n) is 10.8. The lowest BCUT2D eigenvalue weighted by Gasteiger charge is -2.21. The first-order chi connectivity index (χ1) is 7.52. The van der Waals surface area contributed by atoms with E-state index in [-0.39, 0.29) is 18.9 Å². The summed E-state index contributed by atoms with van der Waals surface area (Å²) in [6.45, 7) is 7.29. The van der Waals surface area contributed by atoms with Gasteiger partial charge >= 0.3 is 5.97 Å². The lowest BCUT2D eigenvalue weighted by Crippen LogP contribution is -2.47. The maximum absolute atomic E-state index is 11.6. The third-order valence-electron chi connectivity index (χ3n) is 1.91. The molecule has 0 aliphatic rings. The lowest BCUT2D eigenvalue weighted by atomic mass is 10.1. The van der Waals surface area contributed by atoms with Gasteiger partial charge in [-0.2, -0.15) is 13.1 Å². The minimum atomic E-state index is -3.52. The van der Waals surface area contributed by atoms with Gasteiger partial charge in [-0.1, -0.05) is 6.92 Å². The van der Waals surface area contributed by atoms with Crippen molar-refractivity contribution in [2.75, 3.05) is 6.54 Å². The Morgan fingerprint density at radius 3 is 2.29 bits per heavy atom. The second kappa shape index (κ2) is 6.32. The first-order valence-electron chi connectivity index (χ1n) is 5.52. The van der Waals surface area contributed by atoms with Gasteiger partial charge in [0.2, 0.25) is 0 Å². The monoisotopic (exact) mass is 266 g/mol. The number of carboxylic acid groups (broad SMARTS) is 1. The molecule has 1 atom stereocenters. The molecule has 0 radical (unpaired) electrons. The molecule has 0 aromatic carbocycles. The van der Waals surface area contributed by atoms with Crippen LogP contribution in [0.1, 0.15) is 40.5 Å². The lowest BCUT2D eigenvalue weighted by molar-refractivity contribution is -0.137. The highest BCUT2D eigenvalue weighted by Crippen LogP contribution is 2.05. The Morgan fingerprint density at radius 2 is 1.88 bits per heavy atom. The molecule has 6 nitrogen and oxygen atoms in total. The van der Waals surface area contributed by atoms with Crippen LogP contribution in [0.15, 0.2) is 0 Å². The number of nitrogens with one attached hydrogen (secondary N) is 2.